The van der Waals surface area contributed by atoms with E-state index in [-0.39, 0.29) is 12.1 Å². The number of aliphatic hydroxyl groups is 1. The molecule has 2 aromatic carbocycles. The number of aryl methyl sites for hydroxylation is 2. The lowest BCUT2D eigenvalue weighted by molar-refractivity contribution is -0.168. The summed E-state index contributed by atoms with van der Waals surface area (Å²) in [4.78, 5) is 12.3. The van der Waals surface area contributed by atoms with Gasteiger partial charge in [-0.3, -0.25) is 4.98 Å². The first-order chi connectivity index (χ1) is 16.4. The molecule has 4 heterocycles. The first kappa shape index (κ1) is 19.3. The van der Waals surface area contributed by atoms with Crippen molar-refractivity contribution in [1.82, 2.24) is 14.9 Å². The van der Waals surface area contributed by atoms with Crippen molar-refractivity contribution >= 4 is 21.8 Å². The average Bonchev–Trinajstić information content (AvgIpc) is 3.20. The summed E-state index contributed by atoms with van der Waals surface area (Å²) in [7, 11) is 2.17. The lowest BCUT2D eigenvalue weighted by atomic mass is 9.48. The Labute approximate surface area is 198 Å². The van der Waals surface area contributed by atoms with Crippen LogP contribution >= 0.6 is 0 Å². The van der Waals surface area contributed by atoms with Crippen LogP contribution in [0.3, 0.4) is 0 Å². The lowest BCUT2D eigenvalue weighted by Gasteiger charge is -2.62. The van der Waals surface area contributed by atoms with Gasteiger partial charge in [0.2, 0.25) is 0 Å². The molecule has 5 heteroatoms. The molecule has 2 aliphatic carbocycles. The number of likely N-dealkylation sites (tertiary alicyclic amines) is 1. The lowest BCUT2D eigenvalue weighted by Crippen LogP contribution is -2.74. The number of likely N-dealkylation sites (N-methyl/N-ethyl adjacent to an activating group) is 1. The summed E-state index contributed by atoms with van der Waals surface area (Å²) in [5.74, 6) is 0.982. The quantitative estimate of drug-likeness (QED) is 0.405. The first-order valence-electron chi connectivity index (χ1n) is 12.3. The van der Waals surface area contributed by atoms with Crippen LogP contribution in [0.15, 0.2) is 42.6 Å². The fraction of sp³-hybridized carbons (Fsp3) is 0.379. The molecule has 170 valence electrons. The van der Waals surface area contributed by atoms with Gasteiger partial charge < -0.3 is 14.7 Å². The van der Waals surface area contributed by atoms with Crippen molar-refractivity contribution in [1.29, 1.82) is 0 Å². The highest BCUT2D eigenvalue weighted by molar-refractivity contribution is 6.05. The Hall–Kier alpha value is -3.02. The van der Waals surface area contributed by atoms with E-state index in [0.717, 1.165) is 63.8 Å². The number of hydrogen-bond acceptors (Lipinski definition) is 5. The largest absolute Gasteiger partial charge is 0.482 e. The number of nitrogens with zero attached hydrogens (tertiary/aromatic N) is 3. The van der Waals surface area contributed by atoms with Gasteiger partial charge in [-0.05, 0) is 80.7 Å². The van der Waals surface area contributed by atoms with Gasteiger partial charge in [-0.25, -0.2) is 4.98 Å². The van der Waals surface area contributed by atoms with Gasteiger partial charge in [0, 0.05) is 35.0 Å². The van der Waals surface area contributed by atoms with Crippen LogP contribution in [0.4, 0.5) is 0 Å². The first-order valence-corrected chi connectivity index (χ1v) is 12.3. The second kappa shape index (κ2) is 5.96. The summed E-state index contributed by atoms with van der Waals surface area (Å²) in [6.07, 6.45) is 3.91. The Morgan fingerprint density at radius 1 is 1.12 bits per heavy atom. The molecule has 0 radical (unpaired) electrons. The summed E-state index contributed by atoms with van der Waals surface area (Å²) < 4.78 is 6.90. The van der Waals surface area contributed by atoms with E-state index in [1.54, 1.807) is 0 Å². The van der Waals surface area contributed by atoms with Gasteiger partial charge in [0.05, 0.1) is 27.7 Å². The molecular weight excluding hydrogens is 422 g/mol. The molecule has 0 unspecified atom stereocenters. The number of fused-ring (bicyclic) bond motifs is 5. The molecule has 1 saturated heterocycles. The highest BCUT2D eigenvalue weighted by Crippen LogP contribution is 2.67. The van der Waals surface area contributed by atoms with Gasteiger partial charge in [-0.2, -0.15) is 0 Å². The number of piperidine rings is 1. The molecule has 8 rings (SSSR count). The summed E-state index contributed by atoms with van der Waals surface area (Å²) >= 11 is 0. The van der Waals surface area contributed by atoms with Crippen molar-refractivity contribution in [2.24, 2.45) is 0 Å². The second-order valence-corrected chi connectivity index (χ2v) is 10.9. The number of hydrogen-bond donors (Lipinski definition) is 1. The van der Waals surface area contributed by atoms with E-state index in [1.165, 1.54) is 16.7 Å². The molecule has 0 amide bonds. The summed E-state index contributed by atoms with van der Waals surface area (Å²) in [6, 6.07) is 12.8. The molecule has 4 aliphatic rings. The zero-order valence-electron chi connectivity index (χ0n) is 19.7. The van der Waals surface area contributed by atoms with Crippen molar-refractivity contribution in [3.05, 3.63) is 76.1 Å². The van der Waals surface area contributed by atoms with Crippen LogP contribution in [0.2, 0.25) is 0 Å². The van der Waals surface area contributed by atoms with Gasteiger partial charge in [-0.1, -0.05) is 18.2 Å². The van der Waals surface area contributed by atoms with Crippen LogP contribution in [0.5, 0.6) is 5.75 Å². The van der Waals surface area contributed by atoms with Gasteiger partial charge in [0.1, 0.15) is 5.75 Å². The average molecular weight is 450 g/mol. The number of aromatic nitrogens is 2. The molecule has 5 nitrogen and oxygen atoms in total. The normalized spacial score (nSPS) is 30.8. The number of rotatable bonds is 0. The van der Waals surface area contributed by atoms with Crippen LogP contribution in [0.25, 0.3) is 21.8 Å². The molecule has 0 saturated carbocycles. The predicted molar refractivity (Wildman–Crippen MR) is 131 cm³/mol. The smallest absolute Gasteiger partial charge is 0.153 e. The van der Waals surface area contributed by atoms with Crippen molar-refractivity contribution in [2.45, 2.75) is 56.3 Å². The highest BCUT2D eigenvalue weighted by Gasteiger charge is 2.72. The van der Waals surface area contributed by atoms with Crippen LogP contribution < -0.4 is 4.74 Å². The molecule has 2 aliphatic heterocycles. The fourth-order valence-corrected chi connectivity index (χ4v) is 7.88. The molecule has 1 N–H and O–H groups in total. The molecule has 2 aromatic heterocycles. The number of benzene rings is 2. The van der Waals surface area contributed by atoms with Gasteiger partial charge in [0.25, 0.3) is 0 Å². The summed E-state index contributed by atoms with van der Waals surface area (Å²) in [6.45, 7) is 5.27. The Bertz CT molecular complexity index is 1580. The van der Waals surface area contributed by atoms with E-state index < -0.39 is 11.0 Å². The van der Waals surface area contributed by atoms with Crippen LogP contribution in [-0.2, 0) is 18.3 Å². The highest BCUT2D eigenvalue weighted by atomic mass is 16.5. The minimum atomic E-state index is -0.887. The molecule has 2 bridgehead atoms. The SMILES string of the molecule is Cc1ccc2c3c1O[C@H]1c4nc5c(ccc6ncccc65)c(C)c4C[C@@]4(O)[C@@H](C2)N(C)CC[C@]314. The minimum Gasteiger partial charge on any atom is -0.482 e. The molecule has 4 aromatic rings. The third-order valence-corrected chi connectivity index (χ3v) is 9.55. The Morgan fingerprint density at radius 3 is 2.88 bits per heavy atom. The zero-order chi connectivity index (χ0) is 23.0. The van der Waals surface area contributed by atoms with Crippen LogP contribution in [0, 0.1) is 13.8 Å². The third-order valence-electron chi connectivity index (χ3n) is 9.55. The monoisotopic (exact) mass is 449 g/mol. The Morgan fingerprint density at radius 2 is 2.00 bits per heavy atom. The number of ether oxygens (including phenoxy) is 1. The maximum absolute atomic E-state index is 12.7. The Kier molecular flexibility index (Phi) is 3.39. The topological polar surface area (TPSA) is 58.5 Å². The standard InChI is InChI=1S/C29H27N3O2/c1-15-6-7-17-13-22-29(33)14-20-16(2)18-8-9-21-19(5-4-11-30-21)24(18)31-25(20)27-28(29,10-12-32(22)3)23(17)26(15)34-27/h4-9,11,22,27,33H,10,12-14H2,1-3H3/t22-,27+,28+,29-/m1/s1. The van der Waals surface area contributed by atoms with E-state index in [9.17, 15) is 5.11 Å². The van der Waals surface area contributed by atoms with Crippen molar-refractivity contribution in [2.75, 3.05) is 13.6 Å². The molecule has 4 atom stereocenters. The van der Waals surface area contributed by atoms with E-state index >= 15 is 0 Å². The molecule has 34 heavy (non-hydrogen) atoms. The minimum absolute atomic E-state index is 0.0672. The molecule has 1 spiro atoms. The van der Waals surface area contributed by atoms with Gasteiger partial charge in [0.15, 0.2) is 6.10 Å². The maximum Gasteiger partial charge on any atom is 0.153 e. The second-order valence-electron chi connectivity index (χ2n) is 10.9. The van der Waals surface area contributed by atoms with E-state index in [1.807, 2.05) is 12.3 Å². The molecule has 1 fully saturated rings. The third kappa shape index (κ3) is 1.95. The van der Waals surface area contributed by atoms with Gasteiger partial charge >= 0.3 is 0 Å². The number of pyridine rings is 2. The van der Waals surface area contributed by atoms with Crippen molar-refractivity contribution in [3.8, 4) is 5.75 Å². The summed E-state index contributed by atoms with van der Waals surface area (Å²) in [5.41, 5.74) is 7.72. The molecular formula is C29H27N3O2. The van der Waals surface area contributed by atoms with Gasteiger partial charge in [-0.15, -0.1) is 0 Å². The summed E-state index contributed by atoms with van der Waals surface area (Å²) in [5, 5.41) is 14.9. The van der Waals surface area contributed by atoms with E-state index in [2.05, 4.69) is 61.1 Å². The van der Waals surface area contributed by atoms with Crippen molar-refractivity contribution < 1.29 is 9.84 Å². The van der Waals surface area contributed by atoms with Crippen molar-refractivity contribution in [3.63, 3.8) is 0 Å². The maximum atomic E-state index is 12.7. The Balaban J connectivity index is 1.50. The van der Waals surface area contributed by atoms with E-state index in [0.29, 0.717) is 6.42 Å². The van der Waals surface area contributed by atoms with Crippen LogP contribution in [-0.4, -0.2) is 45.2 Å². The zero-order valence-corrected chi connectivity index (χ0v) is 19.7. The van der Waals surface area contributed by atoms with Crippen LogP contribution in [0.1, 0.15) is 46.0 Å². The van der Waals surface area contributed by atoms with E-state index in [4.69, 9.17) is 9.72 Å². The fourth-order valence-electron chi connectivity index (χ4n) is 7.88. The predicted octanol–water partition coefficient (Wildman–Crippen LogP) is 4.32.